The number of aliphatic hydroxyl groups is 2. The van der Waals surface area contributed by atoms with E-state index < -0.39 is 17.7 Å². The summed E-state index contributed by atoms with van der Waals surface area (Å²) in [6, 6.07) is 10.5. The van der Waals surface area contributed by atoms with E-state index in [1.807, 2.05) is 52.0 Å². The molecule has 2 aromatic heterocycles. The molecule has 0 aliphatic carbocycles. The van der Waals surface area contributed by atoms with Gasteiger partial charge in [-0.25, -0.2) is 9.78 Å². The van der Waals surface area contributed by atoms with Crippen LogP contribution in [0.3, 0.4) is 0 Å². The Bertz CT molecular complexity index is 1500. The Morgan fingerprint density at radius 3 is 2.56 bits per heavy atom. The fraction of sp³-hybridized carbons (Fsp3) is 0.419. The number of rotatable bonds is 8. The minimum atomic E-state index is -1.03. The van der Waals surface area contributed by atoms with Crippen LogP contribution in [-0.2, 0) is 10.2 Å². The molecular weight excluding hydrogens is 568 g/mol. The number of carbonyl (C=O) groups excluding carboxylic acids is 3. The van der Waals surface area contributed by atoms with Crippen molar-refractivity contribution in [3.05, 3.63) is 58.6 Å². The Hall–Kier alpha value is -4.00. The number of hydrogen-bond donors (Lipinski definition) is 6. The highest BCUT2D eigenvalue weighted by atomic mass is 32.1. The molecule has 1 fully saturated rings. The van der Waals surface area contributed by atoms with Crippen LogP contribution in [0.1, 0.15) is 55.4 Å². The Balaban J connectivity index is 1.54. The van der Waals surface area contributed by atoms with Crippen molar-refractivity contribution < 1.29 is 24.6 Å². The minimum Gasteiger partial charge on any atom is -0.394 e. The van der Waals surface area contributed by atoms with E-state index in [1.165, 1.54) is 11.3 Å². The first-order chi connectivity index (χ1) is 20.2. The van der Waals surface area contributed by atoms with Crippen LogP contribution >= 0.6 is 11.3 Å². The van der Waals surface area contributed by atoms with E-state index in [1.54, 1.807) is 37.1 Å². The van der Waals surface area contributed by atoms with Crippen LogP contribution in [0.25, 0.3) is 11.1 Å². The van der Waals surface area contributed by atoms with Crippen LogP contribution in [0.2, 0.25) is 0 Å². The highest BCUT2D eigenvalue weighted by molar-refractivity contribution is 7.16. The normalized spacial score (nSPS) is 15.4. The standard InChI is InChI=1S/C31H40N6O5S/c1-18-7-9-20(13-22(18)19-8-10-25(33-15-19)34-16-21(39)17-38)35-29(42)36-26-23(14-24(43-26)30(2,3)4)27(40)37-12-11-32-28(41)31(37,5)6/h7-10,13-15,21,38-39H,11-12,16-17H2,1-6H3,(H,32,41)(H,33,34)(H2,35,36,42). The van der Waals surface area contributed by atoms with Crippen molar-refractivity contribution in [2.24, 2.45) is 0 Å². The number of benzene rings is 1. The molecule has 1 aliphatic rings. The lowest BCUT2D eigenvalue weighted by molar-refractivity contribution is -0.133. The largest absolute Gasteiger partial charge is 0.394 e. The number of carbonyl (C=O) groups is 3. The van der Waals surface area contributed by atoms with Crippen molar-refractivity contribution in [2.75, 3.05) is 42.2 Å². The van der Waals surface area contributed by atoms with E-state index in [0.29, 0.717) is 35.2 Å². The molecule has 3 aromatic rings. The monoisotopic (exact) mass is 608 g/mol. The fourth-order valence-electron chi connectivity index (χ4n) is 4.63. The lowest BCUT2D eigenvalue weighted by Gasteiger charge is -2.41. The average molecular weight is 609 g/mol. The zero-order valence-corrected chi connectivity index (χ0v) is 26.2. The molecule has 1 aromatic carbocycles. The van der Waals surface area contributed by atoms with E-state index >= 15 is 0 Å². The van der Waals surface area contributed by atoms with Gasteiger partial charge in [-0.2, -0.15) is 0 Å². The third kappa shape index (κ3) is 7.32. The molecule has 1 saturated heterocycles. The van der Waals surface area contributed by atoms with Crippen LogP contribution in [0, 0.1) is 6.92 Å². The zero-order chi connectivity index (χ0) is 31.5. The fourth-order valence-corrected chi connectivity index (χ4v) is 5.74. The number of aromatic nitrogens is 1. The van der Waals surface area contributed by atoms with Gasteiger partial charge in [-0.1, -0.05) is 26.8 Å². The summed E-state index contributed by atoms with van der Waals surface area (Å²) < 4.78 is 0. The molecule has 1 unspecified atom stereocenters. The summed E-state index contributed by atoms with van der Waals surface area (Å²) in [5.74, 6) is 0.0327. The number of piperazine rings is 1. The summed E-state index contributed by atoms with van der Waals surface area (Å²) in [4.78, 5) is 46.4. The molecule has 1 atom stereocenters. The maximum atomic E-state index is 13.8. The molecule has 0 radical (unpaired) electrons. The van der Waals surface area contributed by atoms with Gasteiger partial charge in [0.05, 0.1) is 18.3 Å². The second kappa shape index (κ2) is 12.7. The van der Waals surface area contributed by atoms with Crippen molar-refractivity contribution >= 4 is 45.7 Å². The predicted molar refractivity (Wildman–Crippen MR) is 170 cm³/mol. The van der Waals surface area contributed by atoms with Crippen molar-refractivity contribution in [1.29, 1.82) is 0 Å². The SMILES string of the molecule is Cc1ccc(NC(=O)Nc2sc(C(C)(C)C)cc2C(=O)N2CCNC(=O)C2(C)C)cc1-c1ccc(NCC(O)CO)nc1. The minimum absolute atomic E-state index is 0.177. The first-order valence-corrected chi connectivity index (χ1v) is 14.9. The molecule has 1 aliphatic heterocycles. The second-order valence-electron chi connectivity index (χ2n) is 12.1. The number of amides is 4. The molecule has 4 amide bonds. The Kier molecular flexibility index (Phi) is 9.43. The van der Waals surface area contributed by atoms with Gasteiger partial charge < -0.3 is 31.1 Å². The molecule has 3 heterocycles. The Morgan fingerprint density at radius 1 is 1.16 bits per heavy atom. The molecular formula is C31H40N6O5S. The Morgan fingerprint density at radius 2 is 1.91 bits per heavy atom. The van der Waals surface area contributed by atoms with Gasteiger partial charge in [0, 0.05) is 42.0 Å². The molecule has 230 valence electrons. The molecule has 6 N–H and O–H groups in total. The van der Waals surface area contributed by atoms with Crippen LogP contribution in [-0.4, -0.2) is 75.8 Å². The van der Waals surface area contributed by atoms with Crippen molar-refractivity contribution in [2.45, 2.75) is 58.6 Å². The number of urea groups is 1. The van der Waals surface area contributed by atoms with Crippen LogP contribution < -0.4 is 21.3 Å². The summed E-state index contributed by atoms with van der Waals surface area (Å²) in [7, 11) is 0. The summed E-state index contributed by atoms with van der Waals surface area (Å²) >= 11 is 1.35. The van der Waals surface area contributed by atoms with E-state index in [9.17, 15) is 19.5 Å². The number of pyridine rings is 1. The van der Waals surface area contributed by atoms with Crippen LogP contribution in [0.4, 0.5) is 21.3 Å². The van der Waals surface area contributed by atoms with Gasteiger partial charge in [-0.3, -0.25) is 14.9 Å². The van der Waals surface area contributed by atoms with Crippen LogP contribution in [0.5, 0.6) is 0 Å². The number of aliphatic hydroxyl groups excluding tert-OH is 2. The van der Waals surface area contributed by atoms with E-state index in [2.05, 4.69) is 26.3 Å². The van der Waals surface area contributed by atoms with Gasteiger partial charge in [0.25, 0.3) is 5.91 Å². The second-order valence-corrected chi connectivity index (χ2v) is 13.2. The van der Waals surface area contributed by atoms with Crippen LogP contribution in [0.15, 0.2) is 42.6 Å². The first kappa shape index (κ1) is 31.9. The molecule has 43 heavy (non-hydrogen) atoms. The van der Waals surface area contributed by atoms with Crippen molar-refractivity contribution in [3.8, 4) is 11.1 Å². The molecule has 12 heteroatoms. The molecule has 0 bridgehead atoms. The summed E-state index contributed by atoms with van der Waals surface area (Å²) in [6.45, 7) is 12.1. The maximum Gasteiger partial charge on any atom is 0.324 e. The molecule has 0 spiro atoms. The number of aryl methyl sites for hydroxylation is 1. The number of anilines is 3. The van der Waals surface area contributed by atoms with E-state index in [0.717, 1.165) is 21.6 Å². The lowest BCUT2D eigenvalue weighted by atomic mass is 9.93. The summed E-state index contributed by atoms with van der Waals surface area (Å²) in [5, 5.41) is 30.5. The van der Waals surface area contributed by atoms with Gasteiger partial charge >= 0.3 is 6.03 Å². The van der Waals surface area contributed by atoms with Crippen molar-refractivity contribution in [3.63, 3.8) is 0 Å². The number of nitrogens with zero attached hydrogens (tertiary/aromatic N) is 2. The molecule has 4 rings (SSSR count). The first-order valence-electron chi connectivity index (χ1n) is 14.1. The third-order valence-corrected chi connectivity index (χ3v) is 8.80. The highest BCUT2D eigenvalue weighted by Gasteiger charge is 2.42. The smallest absolute Gasteiger partial charge is 0.324 e. The number of nitrogens with one attached hydrogen (secondary N) is 4. The van der Waals surface area contributed by atoms with Crippen molar-refractivity contribution in [1.82, 2.24) is 15.2 Å². The summed E-state index contributed by atoms with van der Waals surface area (Å²) in [5.41, 5.74) is 2.32. The van der Waals surface area contributed by atoms with Gasteiger partial charge in [-0.15, -0.1) is 11.3 Å². The number of thiophene rings is 1. The van der Waals surface area contributed by atoms with Gasteiger partial charge in [-0.05, 0) is 67.6 Å². The van der Waals surface area contributed by atoms with Gasteiger partial charge in [0.2, 0.25) is 5.91 Å². The van der Waals surface area contributed by atoms with Gasteiger partial charge in [0.1, 0.15) is 16.4 Å². The maximum absolute atomic E-state index is 13.8. The quantitative estimate of drug-likeness (QED) is 0.224. The third-order valence-electron chi connectivity index (χ3n) is 7.32. The zero-order valence-electron chi connectivity index (χ0n) is 25.4. The number of hydrogen-bond acceptors (Lipinski definition) is 8. The highest BCUT2D eigenvalue weighted by Crippen LogP contribution is 2.38. The molecule has 11 nitrogen and oxygen atoms in total. The Labute approximate surface area is 255 Å². The average Bonchev–Trinajstić information content (AvgIpc) is 3.38. The van der Waals surface area contributed by atoms with E-state index in [4.69, 9.17) is 5.11 Å². The molecule has 0 saturated carbocycles. The predicted octanol–water partition coefficient (Wildman–Crippen LogP) is 4.18. The van der Waals surface area contributed by atoms with Gasteiger partial charge in [0.15, 0.2) is 0 Å². The lowest BCUT2D eigenvalue weighted by Crippen LogP contribution is -2.63. The summed E-state index contributed by atoms with van der Waals surface area (Å²) in [6.07, 6.45) is 0.818. The topological polar surface area (TPSA) is 156 Å². The van der Waals surface area contributed by atoms with E-state index in [-0.39, 0.29) is 30.4 Å².